The molecule has 2 nitrogen and oxygen atoms in total. The highest BCUT2D eigenvalue weighted by molar-refractivity contribution is 5.72. The maximum atomic E-state index is 4.01. The quantitative estimate of drug-likeness (QED) is 0.533. The molecule has 2 rings (SSSR count). The van der Waals surface area contributed by atoms with E-state index in [2.05, 4.69) is 22.2 Å². The molecule has 0 aliphatic heterocycles. The highest BCUT2D eigenvalue weighted by Gasteiger charge is 1.89. The predicted octanol–water partition coefficient (Wildman–Crippen LogP) is 1.23. The average Bonchev–Trinajstić information content (AvgIpc) is 2.05. The molecule has 1 aromatic heterocycles. The van der Waals surface area contributed by atoms with Crippen LogP contribution in [0.2, 0.25) is 0 Å². The van der Waals surface area contributed by atoms with Crippen LogP contribution in [-0.2, 0) is 0 Å². The maximum absolute atomic E-state index is 4.01. The van der Waals surface area contributed by atoms with E-state index in [0.717, 1.165) is 11.0 Å². The molecule has 0 N–H and O–H groups in total. The van der Waals surface area contributed by atoms with Crippen LogP contribution < -0.4 is 0 Å². The second-order valence-electron chi connectivity index (χ2n) is 1.90. The summed E-state index contributed by atoms with van der Waals surface area (Å²) in [6.45, 7) is 0. The molecular formula is C8H4N2. The van der Waals surface area contributed by atoms with Crippen LogP contribution in [-0.4, -0.2) is 9.97 Å². The Labute approximate surface area is 58.6 Å². The van der Waals surface area contributed by atoms with Crippen molar-refractivity contribution in [2.75, 3.05) is 0 Å². The Balaban J connectivity index is 2.89. The minimum atomic E-state index is 0.793. The normalized spacial score (nSPS) is 10.0. The van der Waals surface area contributed by atoms with E-state index in [1.807, 2.05) is 18.2 Å². The van der Waals surface area contributed by atoms with Gasteiger partial charge in [-0.3, -0.25) is 4.98 Å². The standard InChI is InChI=1S/C8H4N2/c1-2-4-8-7(3-1)9-5-6-10-8/h1-3,6H. The summed E-state index contributed by atoms with van der Waals surface area (Å²) in [6, 6.07) is 8.54. The van der Waals surface area contributed by atoms with Crippen LogP contribution in [0.4, 0.5) is 0 Å². The van der Waals surface area contributed by atoms with E-state index in [1.54, 1.807) is 6.20 Å². The first-order valence-corrected chi connectivity index (χ1v) is 2.96. The summed E-state index contributed by atoms with van der Waals surface area (Å²) in [7, 11) is 0. The summed E-state index contributed by atoms with van der Waals surface area (Å²) in [4.78, 5) is 7.97. The molecule has 0 aliphatic rings. The van der Waals surface area contributed by atoms with Crippen molar-refractivity contribution < 1.29 is 0 Å². The fourth-order valence-electron chi connectivity index (χ4n) is 0.805. The Morgan fingerprint density at radius 2 is 2.40 bits per heavy atom. The van der Waals surface area contributed by atoms with Gasteiger partial charge in [-0.05, 0) is 6.07 Å². The van der Waals surface area contributed by atoms with Crippen molar-refractivity contribution in [1.82, 2.24) is 9.97 Å². The first-order chi connectivity index (χ1) is 4.97. The summed E-state index contributed by atoms with van der Waals surface area (Å²) >= 11 is 0. The van der Waals surface area contributed by atoms with E-state index in [9.17, 15) is 0 Å². The molecule has 0 atom stereocenters. The fraction of sp³-hybridized carbons (Fsp3) is 0. The summed E-state index contributed by atoms with van der Waals surface area (Å²) in [6.07, 6.45) is 4.19. The molecule has 0 spiro atoms. The van der Waals surface area contributed by atoms with Gasteiger partial charge in [0.25, 0.3) is 0 Å². The highest BCUT2D eigenvalue weighted by Crippen LogP contribution is 2.03. The lowest BCUT2D eigenvalue weighted by Gasteiger charge is -1.89. The Hall–Kier alpha value is -1.44. The molecule has 2 heteroatoms. The van der Waals surface area contributed by atoms with E-state index < -0.39 is 0 Å². The molecule has 10 heavy (non-hydrogen) atoms. The first-order valence-electron chi connectivity index (χ1n) is 2.96. The van der Waals surface area contributed by atoms with Gasteiger partial charge in [0.05, 0.1) is 17.2 Å². The molecule has 46 valence electrons. The molecule has 0 amide bonds. The number of nitrogens with zero attached hydrogens (tertiary/aromatic N) is 2. The second kappa shape index (κ2) is 2.06. The molecule has 0 aliphatic carbocycles. The van der Waals surface area contributed by atoms with E-state index in [1.165, 1.54) is 0 Å². The van der Waals surface area contributed by atoms with Crippen molar-refractivity contribution in [2.24, 2.45) is 0 Å². The van der Waals surface area contributed by atoms with Gasteiger partial charge < -0.3 is 0 Å². The van der Waals surface area contributed by atoms with Crippen molar-refractivity contribution in [3.63, 3.8) is 0 Å². The zero-order valence-corrected chi connectivity index (χ0v) is 5.20. The molecule has 0 fully saturated rings. The molecule has 0 saturated heterocycles. The average molecular weight is 128 g/mol. The number of rotatable bonds is 0. The van der Waals surface area contributed by atoms with Crippen molar-refractivity contribution in [3.05, 3.63) is 36.7 Å². The number of benzene rings is 1. The van der Waals surface area contributed by atoms with Crippen molar-refractivity contribution in [2.45, 2.75) is 0 Å². The summed E-state index contributed by atoms with van der Waals surface area (Å²) in [5, 5.41) is 0. The van der Waals surface area contributed by atoms with E-state index >= 15 is 0 Å². The Morgan fingerprint density at radius 3 is 3.30 bits per heavy atom. The Morgan fingerprint density at radius 1 is 1.40 bits per heavy atom. The van der Waals surface area contributed by atoms with Crippen LogP contribution in [0, 0.1) is 12.3 Å². The molecule has 0 unspecified atom stereocenters. The van der Waals surface area contributed by atoms with Crippen LogP contribution in [0.3, 0.4) is 0 Å². The van der Waals surface area contributed by atoms with Crippen molar-refractivity contribution in [1.29, 1.82) is 0 Å². The van der Waals surface area contributed by atoms with Gasteiger partial charge in [-0.15, -0.1) is 0 Å². The molecule has 2 radical (unpaired) electrons. The van der Waals surface area contributed by atoms with Gasteiger partial charge in [0.2, 0.25) is 0 Å². The third-order valence-electron chi connectivity index (χ3n) is 1.25. The summed E-state index contributed by atoms with van der Waals surface area (Å²) in [5.41, 5.74) is 1.63. The molecular weight excluding hydrogens is 124 g/mol. The number of para-hydroxylation sites is 1. The lowest BCUT2D eigenvalue weighted by Crippen LogP contribution is -1.79. The maximum Gasteiger partial charge on any atom is 0.109 e. The van der Waals surface area contributed by atoms with Crippen molar-refractivity contribution in [3.8, 4) is 0 Å². The van der Waals surface area contributed by atoms with Crippen molar-refractivity contribution >= 4 is 11.0 Å². The van der Waals surface area contributed by atoms with Gasteiger partial charge >= 0.3 is 0 Å². The van der Waals surface area contributed by atoms with Gasteiger partial charge in [0.15, 0.2) is 0 Å². The van der Waals surface area contributed by atoms with Crippen LogP contribution in [0.25, 0.3) is 11.0 Å². The Bertz CT molecular complexity index is 278. The van der Waals surface area contributed by atoms with Gasteiger partial charge in [0, 0.05) is 6.07 Å². The number of hydrogen-bond donors (Lipinski definition) is 0. The zero-order chi connectivity index (χ0) is 6.81. The predicted molar refractivity (Wildman–Crippen MR) is 37.2 cm³/mol. The molecule has 1 heterocycles. The van der Waals surface area contributed by atoms with E-state index in [4.69, 9.17) is 0 Å². The van der Waals surface area contributed by atoms with Crippen LogP contribution in [0.15, 0.2) is 24.4 Å². The third kappa shape index (κ3) is 0.739. The zero-order valence-electron chi connectivity index (χ0n) is 5.20. The smallest absolute Gasteiger partial charge is 0.109 e. The lowest BCUT2D eigenvalue weighted by molar-refractivity contribution is 1.28. The summed E-state index contributed by atoms with van der Waals surface area (Å²) < 4.78 is 0. The largest absolute Gasteiger partial charge is 0.252 e. The van der Waals surface area contributed by atoms with Gasteiger partial charge in [-0.25, -0.2) is 4.98 Å². The monoisotopic (exact) mass is 128 g/mol. The van der Waals surface area contributed by atoms with Gasteiger partial charge in [-0.2, -0.15) is 0 Å². The number of fused-ring (bicyclic) bond motifs is 1. The molecule has 0 saturated carbocycles. The Kier molecular flexibility index (Phi) is 1.10. The molecule has 0 bridgehead atoms. The van der Waals surface area contributed by atoms with Crippen LogP contribution in [0.1, 0.15) is 0 Å². The van der Waals surface area contributed by atoms with Crippen LogP contribution >= 0.6 is 0 Å². The molecule has 1 aromatic carbocycles. The lowest BCUT2D eigenvalue weighted by atomic mass is 10.3. The third-order valence-corrected chi connectivity index (χ3v) is 1.25. The number of aromatic nitrogens is 2. The number of hydrogen-bond acceptors (Lipinski definition) is 2. The fourth-order valence-corrected chi connectivity index (χ4v) is 0.805. The van der Waals surface area contributed by atoms with E-state index in [-0.39, 0.29) is 0 Å². The second-order valence-corrected chi connectivity index (χ2v) is 1.90. The van der Waals surface area contributed by atoms with E-state index in [0.29, 0.717) is 0 Å². The highest BCUT2D eigenvalue weighted by atomic mass is 14.8. The van der Waals surface area contributed by atoms with Crippen LogP contribution in [0.5, 0.6) is 0 Å². The minimum absolute atomic E-state index is 0.793. The summed E-state index contributed by atoms with van der Waals surface area (Å²) in [5.74, 6) is 0. The minimum Gasteiger partial charge on any atom is -0.252 e. The topological polar surface area (TPSA) is 25.8 Å². The SMILES string of the molecule is [c]1cnc2[c]cccc2n1. The van der Waals surface area contributed by atoms with Gasteiger partial charge in [-0.1, -0.05) is 12.1 Å². The van der Waals surface area contributed by atoms with Gasteiger partial charge in [0.1, 0.15) is 6.20 Å². The molecule has 2 aromatic rings. The first kappa shape index (κ1) is 5.35.